The Kier molecular flexibility index (Phi) is 7.89. The van der Waals surface area contributed by atoms with Crippen LogP contribution in [-0.2, 0) is 18.4 Å². The lowest BCUT2D eigenvalue weighted by Gasteiger charge is -2.33. The van der Waals surface area contributed by atoms with Gasteiger partial charge in [0.1, 0.15) is 17.3 Å². The third-order valence-corrected chi connectivity index (χ3v) is 8.82. The predicted octanol–water partition coefficient (Wildman–Crippen LogP) is 4.65. The smallest absolute Gasteiger partial charge is 0.274 e. The number of carbonyl (C=O) groups is 1. The fourth-order valence-corrected chi connectivity index (χ4v) is 6.20. The molecule has 7 rings (SSSR count). The number of pyridine rings is 2. The molecule has 0 spiro atoms. The molecule has 2 fully saturated rings. The predicted molar refractivity (Wildman–Crippen MR) is 172 cm³/mol. The summed E-state index contributed by atoms with van der Waals surface area (Å²) in [5.41, 5.74) is 4.45. The summed E-state index contributed by atoms with van der Waals surface area (Å²) in [6, 6.07) is 13.8. The molecule has 2 aromatic heterocycles. The number of aromatic nitrogens is 2. The van der Waals surface area contributed by atoms with Gasteiger partial charge in [-0.05, 0) is 71.9 Å². The van der Waals surface area contributed by atoms with Crippen molar-refractivity contribution >= 4 is 29.2 Å². The summed E-state index contributed by atoms with van der Waals surface area (Å²) in [6.07, 6.45) is 7.43. The number of hydrogen-bond donors (Lipinski definition) is 3. The number of aryl methyl sites for hydroxylation is 1. The van der Waals surface area contributed by atoms with Crippen molar-refractivity contribution in [3.63, 3.8) is 0 Å². The van der Waals surface area contributed by atoms with Gasteiger partial charge in [0.15, 0.2) is 6.23 Å². The Bertz CT molecular complexity index is 1900. The molecule has 0 unspecified atom stereocenters. The third-order valence-electron chi connectivity index (χ3n) is 8.82. The maximum absolute atomic E-state index is 15.3. The van der Waals surface area contributed by atoms with Gasteiger partial charge in [-0.3, -0.25) is 9.59 Å². The zero-order valence-corrected chi connectivity index (χ0v) is 25.3. The minimum absolute atomic E-state index is 0.125. The summed E-state index contributed by atoms with van der Waals surface area (Å²) < 4.78 is 22.1. The molecule has 1 saturated heterocycles. The van der Waals surface area contributed by atoms with Crippen LogP contribution in [0.15, 0.2) is 71.9 Å². The molecule has 10 nitrogen and oxygen atoms in total. The second kappa shape index (κ2) is 12.2. The van der Waals surface area contributed by atoms with E-state index >= 15 is 4.39 Å². The lowest BCUT2D eigenvalue weighted by Crippen LogP contribution is -2.40. The quantitative estimate of drug-likeness (QED) is 0.272. The lowest BCUT2D eigenvalue weighted by atomic mass is 9.94. The maximum atomic E-state index is 15.3. The molecular weight excluding hydrogens is 589 g/mol. The van der Waals surface area contributed by atoms with Gasteiger partial charge in [-0.1, -0.05) is 18.2 Å². The van der Waals surface area contributed by atoms with E-state index in [2.05, 4.69) is 10.3 Å². The minimum atomic E-state index is -1.30. The number of aliphatic hydroxyl groups is 2. The van der Waals surface area contributed by atoms with Crippen molar-refractivity contribution in [1.29, 1.82) is 0 Å². The van der Waals surface area contributed by atoms with Crippen LogP contribution in [0.3, 0.4) is 0 Å². The third kappa shape index (κ3) is 5.57. The first-order chi connectivity index (χ1) is 22.3. The summed E-state index contributed by atoms with van der Waals surface area (Å²) in [5.74, 6) is 0.182. The average Bonchev–Trinajstić information content (AvgIpc) is 3.93. The van der Waals surface area contributed by atoms with E-state index in [0.29, 0.717) is 71.5 Å². The average molecular weight is 624 g/mol. The van der Waals surface area contributed by atoms with Crippen LogP contribution >= 0.6 is 0 Å². The number of carbonyl (C=O) groups excluding carboxylic acids is 1. The van der Waals surface area contributed by atoms with Crippen LogP contribution in [0, 0.1) is 5.82 Å². The number of rotatable bonds is 7. The first-order valence-corrected chi connectivity index (χ1v) is 15.3. The number of amides is 1. The Morgan fingerprint density at radius 1 is 1.13 bits per heavy atom. The Morgan fingerprint density at radius 3 is 2.65 bits per heavy atom. The number of fused-ring (bicyclic) bond motifs is 1. The van der Waals surface area contributed by atoms with Crippen LogP contribution in [0.5, 0.6) is 0 Å². The van der Waals surface area contributed by atoms with Gasteiger partial charge in [0.25, 0.3) is 11.5 Å². The highest BCUT2D eigenvalue weighted by Crippen LogP contribution is 2.44. The highest BCUT2D eigenvalue weighted by atomic mass is 19.1. The van der Waals surface area contributed by atoms with Gasteiger partial charge in [-0.15, -0.1) is 0 Å². The van der Waals surface area contributed by atoms with Crippen LogP contribution < -0.4 is 15.8 Å². The number of morpholine rings is 1. The largest absolute Gasteiger partial charge is 0.392 e. The van der Waals surface area contributed by atoms with Crippen molar-refractivity contribution in [2.24, 2.45) is 7.05 Å². The Balaban J connectivity index is 1.18. The lowest BCUT2D eigenvalue weighted by molar-refractivity contribution is 0.0302. The van der Waals surface area contributed by atoms with Crippen molar-refractivity contribution in [3.8, 4) is 11.1 Å². The molecule has 11 heteroatoms. The molecule has 46 heavy (non-hydrogen) atoms. The molecule has 2 aromatic carbocycles. The summed E-state index contributed by atoms with van der Waals surface area (Å²) >= 11 is 0. The Hall–Kier alpha value is -4.84. The van der Waals surface area contributed by atoms with Crippen molar-refractivity contribution in [2.45, 2.75) is 31.6 Å². The van der Waals surface area contributed by atoms with Gasteiger partial charge in [0, 0.05) is 61.1 Å². The van der Waals surface area contributed by atoms with Crippen LogP contribution in [0.4, 0.5) is 21.6 Å². The SMILES string of the molecule is Cn1cc(-c2cccc(N3C=Cc4cc(C5CC5)cc(F)c4[C@@H]3O)c2CO)cc(Nc2ccc(C(=O)N3CCOCC3)cn2)c1=O. The van der Waals surface area contributed by atoms with Crippen LogP contribution in [0.1, 0.15) is 57.6 Å². The van der Waals surface area contributed by atoms with Gasteiger partial charge in [0.2, 0.25) is 0 Å². The summed E-state index contributed by atoms with van der Waals surface area (Å²) in [7, 11) is 1.63. The first-order valence-electron chi connectivity index (χ1n) is 15.3. The molecule has 1 amide bonds. The van der Waals surface area contributed by atoms with Crippen LogP contribution in [0.25, 0.3) is 17.2 Å². The van der Waals surface area contributed by atoms with Gasteiger partial charge in [-0.2, -0.15) is 0 Å². The number of nitrogens with one attached hydrogen (secondary N) is 1. The van der Waals surface area contributed by atoms with E-state index < -0.39 is 12.0 Å². The van der Waals surface area contributed by atoms with Crippen molar-refractivity contribution < 1.29 is 24.1 Å². The highest BCUT2D eigenvalue weighted by molar-refractivity contribution is 5.94. The van der Waals surface area contributed by atoms with E-state index in [1.807, 2.05) is 12.1 Å². The van der Waals surface area contributed by atoms with E-state index in [0.717, 1.165) is 18.4 Å². The Morgan fingerprint density at radius 2 is 1.93 bits per heavy atom. The van der Waals surface area contributed by atoms with E-state index in [9.17, 15) is 19.8 Å². The number of ether oxygens (including phenoxy) is 1. The molecule has 4 aromatic rings. The number of nitrogens with zero attached hydrogens (tertiary/aromatic N) is 4. The second-order valence-electron chi connectivity index (χ2n) is 11.9. The standard InChI is InChI=1S/C35H34FN5O5/c1-39-19-25(17-29(34(39)44)38-31-8-7-23(18-37-31)33(43)40-11-13-46-14-12-40)26-3-2-4-30(27(26)20-42)41-10-9-22-15-24(21-5-6-21)16-28(36)32(22)35(41)45/h2-4,7-10,15-19,21,35,42,45H,5-6,11-14,20H2,1H3,(H,37,38)/t35-/m0/s1. The summed E-state index contributed by atoms with van der Waals surface area (Å²) in [5, 5.41) is 25.0. The molecule has 3 N–H and O–H groups in total. The van der Waals surface area contributed by atoms with Crippen molar-refractivity contribution in [3.05, 3.63) is 111 Å². The van der Waals surface area contributed by atoms with Gasteiger partial charge in [-0.25, -0.2) is 9.37 Å². The van der Waals surface area contributed by atoms with Gasteiger partial charge >= 0.3 is 0 Å². The minimum Gasteiger partial charge on any atom is -0.392 e. The zero-order valence-electron chi connectivity index (χ0n) is 25.3. The normalized spacial score (nSPS) is 17.6. The number of anilines is 3. The van der Waals surface area contributed by atoms with Crippen LogP contribution in [0.2, 0.25) is 0 Å². The fraction of sp³-hybridized carbons (Fsp3) is 0.286. The van der Waals surface area contributed by atoms with E-state index in [4.69, 9.17) is 4.74 Å². The van der Waals surface area contributed by atoms with Crippen LogP contribution in [-0.4, -0.2) is 56.9 Å². The van der Waals surface area contributed by atoms with E-state index in [1.165, 1.54) is 16.8 Å². The molecule has 3 aliphatic rings. The summed E-state index contributed by atoms with van der Waals surface area (Å²) in [4.78, 5) is 33.6. The van der Waals surface area contributed by atoms with Crippen molar-refractivity contribution in [2.75, 3.05) is 36.5 Å². The molecule has 2 aliphatic heterocycles. The first kappa shape index (κ1) is 29.8. The van der Waals surface area contributed by atoms with E-state index in [-0.39, 0.29) is 29.3 Å². The maximum Gasteiger partial charge on any atom is 0.274 e. The molecule has 0 radical (unpaired) electrons. The van der Waals surface area contributed by atoms with Crippen molar-refractivity contribution in [1.82, 2.24) is 14.5 Å². The number of aliphatic hydroxyl groups excluding tert-OH is 2. The number of halogens is 1. The topological polar surface area (TPSA) is 120 Å². The molecule has 236 valence electrons. The molecule has 1 saturated carbocycles. The molecule has 0 bridgehead atoms. The zero-order chi connectivity index (χ0) is 31.9. The molecule has 4 heterocycles. The van der Waals surface area contributed by atoms with E-state index in [1.54, 1.807) is 65.7 Å². The van der Waals surface area contributed by atoms with Gasteiger partial charge in [0.05, 0.1) is 25.4 Å². The monoisotopic (exact) mass is 623 g/mol. The number of hydrogen-bond acceptors (Lipinski definition) is 8. The summed E-state index contributed by atoms with van der Waals surface area (Å²) in [6.45, 7) is 1.68. The van der Waals surface area contributed by atoms with Gasteiger partial charge < -0.3 is 34.6 Å². The molecular formula is C35H34FN5O5. The second-order valence-corrected chi connectivity index (χ2v) is 11.9. The fourth-order valence-electron chi connectivity index (χ4n) is 6.20. The molecule has 1 atom stereocenters. The molecule has 1 aliphatic carbocycles. The highest BCUT2D eigenvalue weighted by Gasteiger charge is 2.31. The Labute approximate surface area is 265 Å². The number of benzene rings is 2.